The summed E-state index contributed by atoms with van der Waals surface area (Å²) in [6.07, 6.45) is 2.35. The van der Waals surface area contributed by atoms with Crippen LogP contribution < -0.4 is 5.32 Å². The maximum atomic E-state index is 14.4. The third-order valence-corrected chi connectivity index (χ3v) is 7.66. The Bertz CT molecular complexity index is 1270. The van der Waals surface area contributed by atoms with E-state index < -0.39 is 5.91 Å². The molecule has 0 radical (unpaired) electrons. The van der Waals surface area contributed by atoms with Crippen molar-refractivity contribution in [2.45, 2.75) is 32.4 Å². The highest BCUT2D eigenvalue weighted by Gasteiger charge is 2.28. The summed E-state index contributed by atoms with van der Waals surface area (Å²) in [6, 6.07) is 12.9. The van der Waals surface area contributed by atoms with Crippen LogP contribution in [0, 0.1) is 12.7 Å². The van der Waals surface area contributed by atoms with Gasteiger partial charge in [-0.3, -0.25) is 14.5 Å². The first-order chi connectivity index (χ1) is 17.9. The monoisotopic (exact) mass is 506 g/mol. The summed E-state index contributed by atoms with van der Waals surface area (Å²) in [5.41, 5.74) is 2.90. The van der Waals surface area contributed by atoms with Crippen LogP contribution >= 0.6 is 0 Å². The molecule has 2 aromatic carbocycles. The summed E-state index contributed by atoms with van der Waals surface area (Å²) < 4.78 is 16.1. The third-order valence-electron chi connectivity index (χ3n) is 7.66. The van der Waals surface area contributed by atoms with Gasteiger partial charge in [0.2, 0.25) is 5.91 Å². The number of halogens is 1. The molecule has 0 bridgehead atoms. The lowest BCUT2D eigenvalue weighted by Crippen LogP contribution is -2.55. The van der Waals surface area contributed by atoms with Crippen LogP contribution in [0.5, 0.6) is 0 Å². The lowest BCUT2D eigenvalue weighted by atomic mass is 10.0. The first kappa shape index (κ1) is 25.4. The largest absolute Gasteiger partial charge is 0.340 e. The molecule has 0 saturated carbocycles. The smallest absolute Gasteiger partial charge is 0.287 e. The van der Waals surface area contributed by atoms with E-state index in [0.717, 1.165) is 37.3 Å². The van der Waals surface area contributed by atoms with Crippen molar-refractivity contribution >= 4 is 22.8 Å². The number of rotatable bonds is 6. The molecular formula is C28H35FN6O2. The molecule has 1 N–H and O–H groups in total. The molecule has 9 heteroatoms. The topological polar surface area (TPSA) is 73.7 Å². The van der Waals surface area contributed by atoms with E-state index in [9.17, 15) is 14.0 Å². The summed E-state index contributed by atoms with van der Waals surface area (Å²) in [6.45, 7) is 7.36. The summed E-state index contributed by atoms with van der Waals surface area (Å²) in [5.74, 6) is -0.700. The van der Waals surface area contributed by atoms with Gasteiger partial charge in [-0.2, -0.15) is 0 Å². The fourth-order valence-electron chi connectivity index (χ4n) is 5.41. The number of nitrogens with one attached hydrogen (secondary N) is 1. The van der Waals surface area contributed by atoms with Gasteiger partial charge in [0.05, 0.1) is 24.1 Å². The number of aryl methyl sites for hydroxylation is 1. The van der Waals surface area contributed by atoms with Crippen molar-refractivity contribution in [3.8, 4) is 0 Å². The molecule has 2 fully saturated rings. The molecule has 0 aliphatic carbocycles. The SMILES string of the molecule is Cc1ccc2c(c1)nc(C(=O)NCC(=O)N1CCN(C3CCN(C)CC3)CC1)n2Cc1ccccc1F. The van der Waals surface area contributed by atoms with Crippen molar-refractivity contribution in [2.24, 2.45) is 0 Å². The van der Waals surface area contributed by atoms with Gasteiger partial charge in [0.15, 0.2) is 5.82 Å². The van der Waals surface area contributed by atoms with Crippen LogP contribution in [0.15, 0.2) is 42.5 Å². The summed E-state index contributed by atoms with van der Waals surface area (Å²) >= 11 is 0. The Kier molecular flexibility index (Phi) is 7.53. The van der Waals surface area contributed by atoms with E-state index in [4.69, 9.17) is 0 Å². The molecule has 2 aliphatic heterocycles. The van der Waals surface area contributed by atoms with E-state index >= 15 is 0 Å². The van der Waals surface area contributed by atoms with Gasteiger partial charge in [-0.1, -0.05) is 24.3 Å². The van der Waals surface area contributed by atoms with Crippen molar-refractivity contribution in [1.82, 2.24) is 29.6 Å². The van der Waals surface area contributed by atoms with Crippen LogP contribution in [0.25, 0.3) is 11.0 Å². The van der Waals surface area contributed by atoms with Crippen molar-refractivity contribution in [2.75, 3.05) is 52.9 Å². The van der Waals surface area contributed by atoms with Crippen molar-refractivity contribution in [1.29, 1.82) is 0 Å². The molecule has 5 rings (SSSR count). The fraction of sp³-hybridized carbons (Fsp3) is 0.464. The van der Waals surface area contributed by atoms with Crippen LogP contribution in [-0.4, -0.2) is 95.0 Å². The van der Waals surface area contributed by atoms with Crippen LogP contribution in [0.4, 0.5) is 4.39 Å². The normalized spacial score (nSPS) is 17.9. The van der Waals surface area contributed by atoms with Crippen molar-refractivity contribution in [3.63, 3.8) is 0 Å². The van der Waals surface area contributed by atoms with Gasteiger partial charge in [-0.05, 0) is 63.7 Å². The number of aromatic nitrogens is 2. The Labute approximate surface area is 217 Å². The minimum atomic E-state index is -0.441. The van der Waals surface area contributed by atoms with Crippen LogP contribution in [0.3, 0.4) is 0 Å². The average Bonchev–Trinajstić information content (AvgIpc) is 3.26. The first-order valence-corrected chi connectivity index (χ1v) is 13.1. The number of benzene rings is 2. The number of piperidine rings is 1. The molecular weight excluding hydrogens is 471 g/mol. The maximum Gasteiger partial charge on any atom is 0.287 e. The highest BCUT2D eigenvalue weighted by Crippen LogP contribution is 2.21. The molecule has 2 saturated heterocycles. The second kappa shape index (κ2) is 11.0. The van der Waals surface area contributed by atoms with Crippen LogP contribution in [0.2, 0.25) is 0 Å². The van der Waals surface area contributed by atoms with E-state index in [-0.39, 0.29) is 30.6 Å². The first-order valence-electron chi connectivity index (χ1n) is 13.1. The Morgan fingerprint density at radius 3 is 2.49 bits per heavy atom. The number of amides is 2. The molecule has 37 heavy (non-hydrogen) atoms. The number of likely N-dealkylation sites (tertiary alicyclic amines) is 1. The quantitative estimate of drug-likeness (QED) is 0.556. The molecule has 196 valence electrons. The number of carbonyl (C=O) groups is 2. The van der Waals surface area contributed by atoms with E-state index in [1.165, 1.54) is 18.9 Å². The van der Waals surface area contributed by atoms with E-state index in [1.807, 2.05) is 30.0 Å². The molecule has 2 aliphatic rings. The molecule has 8 nitrogen and oxygen atoms in total. The average molecular weight is 507 g/mol. The number of nitrogens with zero attached hydrogens (tertiary/aromatic N) is 5. The highest BCUT2D eigenvalue weighted by molar-refractivity contribution is 5.97. The highest BCUT2D eigenvalue weighted by atomic mass is 19.1. The Hall–Kier alpha value is -3.30. The van der Waals surface area contributed by atoms with Gasteiger partial charge in [-0.15, -0.1) is 0 Å². The lowest BCUT2D eigenvalue weighted by Gasteiger charge is -2.42. The molecule has 1 aromatic heterocycles. The Morgan fingerprint density at radius 1 is 1.03 bits per heavy atom. The predicted molar refractivity (Wildman–Crippen MR) is 141 cm³/mol. The standard InChI is InChI=1S/C28H35FN6O2/c1-20-7-8-25-24(17-20)31-27(35(25)19-21-5-3-4-6-23(21)29)28(37)30-18-26(36)34-15-13-33(14-16-34)22-9-11-32(2)12-10-22/h3-8,17,22H,9-16,18-19H2,1-2H3,(H,30,37). The van der Waals surface area contributed by atoms with Crippen molar-refractivity contribution < 1.29 is 14.0 Å². The van der Waals surface area contributed by atoms with Gasteiger partial charge in [-0.25, -0.2) is 9.37 Å². The summed E-state index contributed by atoms with van der Waals surface area (Å²) in [7, 11) is 2.16. The fourth-order valence-corrected chi connectivity index (χ4v) is 5.41. The van der Waals surface area contributed by atoms with Gasteiger partial charge in [0, 0.05) is 37.8 Å². The minimum absolute atomic E-state index is 0.0883. The maximum absolute atomic E-state index is 14.4. The second-order valence-electron chi connectivity index (χ2n) is 10.2. The zero-order valence-electron chi connectivity index (χ0n) is 21.6. The number of imidazole rings is 1. The predicted octanol–water partition coefficient (Wildman–Crippen LogP) is 2.50. The summed E-state index contributed by atoms with van der Waals surface area (Å²) in [5, 5.41) is 2.77. The number of piperazine rings is 1. The molecule has 3 aromatic rings. The molecule has 0 unspecified atom stereocenters. The molecule has 0 atom stereocenters. The number of hydrogen-bond donors (Lipinski definition) is 1. The van der Waals surface area contributed by atoms with Crippen LogP contribution in [0.1, 0.15) is 34.6 Å². The molecule has 2 amide bonds. The van der Waals surface area contributed by atoms with E-state index in [0.29, 0.717) is 30.2 Å². The number of fused-ring (bicyclic) bond motifs is 1. The third kappa shape index (κ3) is 5.67. The minimum Gasteiger partial charge on any atom is -0.340 e. The molecule has 3 heterocycles. The Morgan fingerprint density at radius 2 is 1.76 bits per heavy atom. The lowest BCUT2D eigenvalue weighted by molar-refractivity contribution is -0.132. The van der Waals surface area contributed by atoms with Crippen LogP contribution in [-0.2, 0) is 11.3 Å². The van der Waals surface area contributed by atoms with E-state index in [2.05, 4.69) is 27.1 Å². The zero-order valence-corrected chi connectivity index (χ0v) is 21.6. The number of hydrogen-bond acceptors (Lipinski definition) is 5. The molecule has 0 spiro atoms. The van der Waals surface area contributed by atoms with Gasteiger partial charge in [0.1, 0.15) is 5.82 Å². The second-order valence-corrected chi connectivity index (χ2v) is 10.2. The van der Waals surface area contributed by atoms with Gasteiger partial charge < -0.3 is 19.7 Å². The van der Waals surface area contributed by atoms with E-state index in [1.54, 1.807) is 22.8 Å². The zero-order chi connectivity index (χ0) is 25.9. The van der Waals surface area contributed by atoms with Gasteiger partial charge >= 0.3 is 0 Å². The Balaban J connectivity index is 1.23. The van der Waals surface area contributed by atoms with Crippen molar-refractivity contribution in [3.05, 3.63) is 65.2 Å². The van der Waals surface area contributed by atoms with Gasteiger partial charge in [0.25, 0.3) is 5.91 Å². The summed E-state index contributed by atoms with van der Waals surface area (Å²) in [4.78, 5) is 37.4. The number of carbonyl (C=O) groups excluding carboxylic acids is 2.